The van der Waals surface area contributed by atoms with Gasteiger partial charge in [-0.05, 0) is 30.3 Å². The van der Waals surface area contributed by atoms with Crippen LogP contribution < -0.4 is 15.2 Å². The fourth-order valence-corrected chi connectivity index (χ4v) is 2.44. The van der Waals surface area contributed by atoms with Gasteiger partial charge in [-0.15, -0.1) is 0 Å². The van der Waals surface area contributed by atoms with E-state index < -0.39 is 17.6 Å². The van der Waals surface area contributed by atoms with Gasteiger partial charge in [0.25, 0.3) is 5.91 Å². The largest absolute Gasteiger partial charge is 0.543 e. The summed E-state index contributed by atoms with van der Waals surface area (Å²) in [6.07, 6.45) is 1.25. The Labute approximate surface area is 148 Å². The molecule has 5 nitrogen and oxygen atoms in total. The van der Waals surface area contributed by atoms with Crippen molar-refractivity contribution in [2.75, 3.05) is 7.11 Å². The van der Waals surface area contributed by atoms with Crippen LogP contribution in [0.4, 0.5) is 0 Å². The molecule has 7 heteroatoms. The van der Waals surface area contributed by atoms with Crippen LogP contribution in [-0.2, 0) is 4.79 Å². The molecule has 1 amide bonds. The van der Waals surface area contributed by atoms with Crippen molar-refractivity contribution in [3.8, 4) is 5.75 Å². The van der Waals surface area contributed by atoms with E-state index >= 15 is 0 Å². The molecular weight excluding hydrogens is 353 g/mol. The number of para-hydroxylation sites is 1. The Kier molecular flexibility index (Phi) is 5.84. The molecular formula is C17H12Cl2NO4-. The smallest absolute Gasteiger partial charge is 0.257 e. The molecule has 2 rings (SSSR count). The van der Waals surface area contributed by atoms with E-state index in [4.69, 9.17) is 27.9 Å². The summed E-state index contributed by atoms with van der Waals surface area (Å²) < 4.78 is 5.14. The Morgan fingerprint density at radius 3 is 2.50 bits per heavy atom. The van der Waals surface area contributed by atoms with Crippen LogP contribution in [-0.4, -0.2) is 19.0 Å². The summed E-state index contributed by atoms with van der Waals surface area (Å²) in [6.45, 7) is 0. The van der Waals surface area contributed by atoms with Crippen molar-refractivity contribution >= 4 is 41.2 Å². The van der Waals surface area contributed by atoms with Gasteiger partial charge in [0.1, 0.15) is 5.75 Å². The molecule has 0 saturated heterocycles. The van der Waals surface area contributed by atoms with Crippen LogP contribution in [0.1, 0.15) is 15.9 Å². The Bertz CT molecular complexity index is 818. The second-order valence-corrected chi connectivity index (χ2v) is 5.51. The zero-order valence-electron chi connectivity index (χ0n) is 12.5. The lowest BCUT2D eigenvalue weighted by molar-refractivity contribution is -0.299. The summed E-state index contributed by atoms with van der Waals surface area (Å²) in [4.78, 5) is 23.6. The maximum absolute atomic E-state index is 12.2. The lowest BCUT2D eigenvalue weighted by Crippen LogP contribution is -2.35. The van der Waals surface area contributed by atoms with Gasteiger partial charge in [0, 0.05) is 10.6 Å². The zero-order valence-corrected chi connectivity index (χ0v) is 14.0. The van der Waals surface area contributed by atoms with Crippen molar-refractivity contribution in [1.29, 1.82) is 0 Å². The average Bonchev–Trinajstić information content (AvgIpc) is 2.54. The standard InChI is InChI=1S/C17H13Cl2NO4/c1-24-15-5-3-2-4-10(15)8-14(17(22)23)20-16(21)12-7-6-11(18)9-13(12)19/h2-9H,1H3,(H,20,21)(H,22,23)/p-1/b14-8+. The molecule has 2 aromatic carbocycles. The summed E-state index contributed by atoms with van der Waals surface area (Å²) in [5.41, 5.74) is 0.144. The van der Waals surface area contributed by atoms with E-state index in [1.807, 2.05) is 0 Å². The first kappa shape index (κ1) is 17.8. The van der Waals surface area contributed by atoms with Crippen molar-refractivity contribution in [1.82, 2.24) is 5.32 Å². The second kappa shape index (κ2) is 7.86. The van der Waals surface area contributed by atoms with Crippen LogP contribution >= 0.6 is 23.2 Å². The summed E-state index contributed by atoms with van der Waals surface area (Å²) in [5.74, 6) is -1.78. The third-order valence-electron chi connectivity index (χ3n) is 3.08. The van der Waals surface area contributed by atoms with E-state index in [2.05, 4.69) is 5.32 Å². The number of rotatable bonds is 5. The Morgan fingerprint density at radius 1 is 1.17 bits per heavy atom. The predicted octanol–water partition coefficient (Wildman–Crippen LogP) is 2.52. The molecule has 2 aromatic rings. The van der Waals surface area contributed by atoms with Gasteiger partial charge in [-0.2, -0.15) is 0 Å². The number of aliphatic carboxylic acids is 1. The minimum Gasteiger partial charge on any atom is -0.543 e. The molecule has 0 heterocycles. The number of hydrogen-bond donors (Lipinski definition) is 1. The van der Waals surface area contributed by atoms with Crippen molar-refractivity contribution in [2.24, 2.45) is 0 Å². The molecule has 0 aliphatic heterocycles. The van der Waals surface area contributed by atoms with Gasteiger partial charge in [-0.1, -0.05) is 41.4 Å². The highest BCUT2D eigenvalue weighted by molar-refractivity contribution is 6.36. The summed E-state index contributed by atoms with van der Waals surface area (Å²) >= 11 is 11.7. The number of carboxylic acids is 1. The van der Waals surface area contributed by atoms with E-state index in [-0.39, 0.29) is 10.6 Å². The summed E-state index contributed by atoms with van der Waals surface area (Å²) in [5, 5.41) is 14.1. The number of carboxylic acid groups (broad SMARTS) is 1. The lowest BCUT2D eigenvalue weighted by Gasteiger charge is -2.13. The van der Waals surface area contributed by atoms with Crippen molar-refractivity contribution in [2.45, 2.75) is 0 Å². The van der Waals surface area contributed by atoms with Gasteiger partial charge in [0.15, 0.2) is 0 Å². The molecule has 0 aliphatic rings. The monoisotopic (exact) mass is 364 g/mol. The van der Waals surface area contributed by atoms with Crippen LogP contribution in [0.2, 0.25) is 10.0 Å². The second-order valence-electron chi connectivity index (χ2n) is 4.67. The number of hydrogen-bond acceptors (Lipinski definition) is 4. The highest BCUT2D eigenvalue weighted by atomic mass is 35.5. The molecule has 0 radical (unpaired) electrons. The van der Waals surface area contributed by atoms with Crippen molar-refractivity contribution in [3.05, 3.63) is 69.3 Å². The number of carbonyl (C=O) groups is 2. The number of halogens is 2. The number of ether oxygens (including phenoxy) is 1. The molecule has 0 spiro atoms. The van der Waals surface area contributed by atoms with E-state index in [1.54, 1.807) is 24.3 Å². The number of carbonyl (C=O) groups excluding carboxylic acids is 2. The highest BCUT2D eigenvalue weighted by Gasteiger charge is 2.13. The van der Waals surface area contributed by atoms with E-state index in [0.29, 0.717) is 16.3 Å². The number of methoxy groups -OCH3 is 1. The predicted molar refractivity (Wildman–Crippen MR) is 89.9 cm³/mol. The summed E-state index contributed by atoms with van der Waals surface area (Å²) in [6, 6.07) is 11.0. The third kappa shape index (κ3) is 4.28. The zero-order chi connectivity index (χ0) is 17.7. The van der Waals surface area contributed by atoms with Gasteiger partial charge in [-0.3, -0.25) is 4.79 Å². The van der Waals surface area contributed by atoms with Gasteiger partial charge >= 0.3 is 0 Å². The van der Waals surface area contributed by atoms with Crippen LogP contribution in [0.25, 0.3) is 6.08 Å². The van der Waals surface area contributed by atoms with Crippen LogP contribution in [0.15, 0.2) is 48.2 Å². The van der Waals surface area contributed by atoms with E-state index in [0.717, 1.165) is 0 Å². The van der Waals surface area contributed by atoms with Crippen LogP contribution in [0.3, 0.4) is 0 Å². The molecule has 0 aromatic heterocycles. The molecule has 0 bridgehead atoms. The first-order valence-corrected chi connectivity index (χ1v) is 7.50. The van der Waals surface area contributed by atoms with Crippen molar-refractivity contribution in [3.63, 3.8) is 0 Å². The average molecular weight is 365 g/mol. The van der Waals surface area contributed by atoms with Gasteiger partial charge in [-0.25, -0.2) is 0 Å². The maximum Gasteiger partial charge on any atom is 0.257 e. The molecule has 0 aliphatic carbocycles. The Balaban J connectivity index is 2.33. The molecule has 124 valence electrons. The molecule has 24 heavy (non-hydrogen) atoms. The number of amides is 1. The fourth-order valence-electron chi connectivity index (χ4n) is 1.95. The Hall–Kier alpha value is -2.50. The topological polar surface area (TPSA) is 78.5 Å². The third-order valence-corrected chi connectivity index (χ3v) is 3.63. The minimum atomic E-state index is -1.54. The summed E-state index contributed by atoms with van der Waals surface area (Å²) in [7, 11) is 1.46. The Morgan fingerprint density at radius 2 is 1.88 bits per heavy atom. The van der Waals surface area contributed by atoms with E-state index in [9.17, 15) is 14.7 Å². The van der Waals surface area contributed by atoms with Crippen LogP contribution in [0, 0.1) is 0 Å². The SMILES string of the molecule is COc1ccccc1/C=C(/NC(=O)c1ccc(Cl)cc1Cl)C(=O)[O-]. The number of benzene rings is 2. The van der Waals surface area contributed by atoms with E-state index in [1.165, 1.54) is 31.4 Å². The molecule has 0 saturated carbocycles. The number of nitrogens with one attached hydrogen (secondary N) is 1. The maximum atomic E-state index is 12.2. The first-order valence-electron chi connectivity index (χ1n) is 6.75. The molecule has 0 unspecified atom stereocenters. The molecule has 1 N–H and O–H groups in total. The minimum absolute atomic E-state index is 0.0910. The van der Waals surface area contributed by atoms with Gasteiger partial charge in [0.2, 0.25) is 0 Å². The van der Waals surface area contributed by atoms with Gasteiger partial charge in [0.05, 0.1) is 29.4 Å². The first-order chi connectivity index (χ1) is 11.4. The lowest BCUT2D eigenvalue weighted by atomic mass is 10.1. The molecule has 0 fully saturated rings. The highest BCUT2D eigenvalue weighted by Crippen LogP contribution is 2.22. The molecule has 0 atom stereocenters. The normalized spacial score (nSPS) is 11.0. The quantitative estimate of drug-likeness (QED) is 0.826. The van der Waals surface area contributed by atoms with Crippen molar-refractivity contribution < 1.29 is 19.4 Å². The fraction of sp³-hybridized carbons (Fsp3) is 0.0588. The van der Waals surface area contributed by atoms with Gasteiger partial charge < -0.3 is 20.0 Å². The van der Waals surface area contributed by atoms with Crippen LogP contribution in [0.5, 0.6) is 5.75 Å².